The number of hydrogen-bond acceptors (Lipinski definition) is 8. The number of hydrogen-bond donors (Lipinski definition) is 0. The minimum absolute atomic E-state index is 0.525. The van der Waals surface area contributed by atoms with Gasteiger partial charge in [-0.15, -0.1) is 16.4 Å². The summed E-state index contributed by atoms with van der Waals surface area (Å²) in [6.07, 6.45) is 8.68. The van der Waals surface area contributed by atoms with E-state index in [1.165, 1.54) is 11.3 Å². The number of anilines is 1. The second kappa shape index (κ2) is 6.09. The molecule has 3 aromatic heterocycles. The summed E-state index contributed by atoms with van der Waals surface area (Å²) in [6.45, 7) is 1.14. The first-order chi connectivity index (χ1) is 11.4. The summed E-state index contributed by atoms with van der Waals surface area (Å²) in [7, 11) is 0. The first-order valence-corrected chi connectivity index (χ1v) is 7.84. The zero-order valence-electron chi connectivity index (χ0n) is 12.0. The highest BCUT2D eigenvalue weighted by Crippen LogP contribution is 2.26. The van der Waals surface area contributed by atoms with Crippen molar-refractivity contribution in [2.45, 2.75) is 0 Å². The SMILES string of the molecule is c1cnc(N2CCOC(c3cnc(-c4cccnc4)s3)=N2)nc1. The fourth-order valence-corrected chi connectivity index (χ4v) is 2.95. The molecule has 0 atom stereocenters. The number of aromatic nitrogens is 4. The van der Waals surface area contributed by atoms with Crippen LogP contribution in [0.4, 0.5) is 5.95 Å². The zero-order valence-corrected chi connectivity index (χ0v) is 12.8. The van der Waals surface area contributed by atoms with E-state index in [0.717, 1.165) is 15.4 Å². The molecule has 0 aliphatic carbocycles. The van der Waals surface area contributed by atoms with Gasteiger partial charge in [0.25, 0.3) is 5.90 Å². The summed E-state index contributed by atoms with van der Waals surface area (Å²) >= 11 is 1.52. The van der Waals surface area contributed by atoms with Crippen LogP contribution in [-0.4, -0.2) is 39.0 Å². The van der Waals surface area contributed by atoms with Crippen LogP contribution in [0, 0.1) is 0 Å². The standard InChI is InChI=1S/C15H12N6OS/c1-3-11(9-16-4-1)14-19-10-12(23-14)13-20-21(7-8-22-13)15-17-5-2-6-18-15/h1-6,9-10H,7-8H2. The van der Waals surface area contributed by atoms with Crippen molar-refractivity contribution in [3.8, 4) is 10.6 Å². The normalized spacial score (nSPS) is 14.3. The van der Waals surface area contributed by atoms with E-state index in [2.05, 4.69) is 25.0 Å². The Bertz CT molecular complexity index is 820. The van der Waals surface area contributed by atoms with E-state index < -0.39 is 0 Å². The Kier molecular flexibility index (Phi) is 3.65. The zero-order chi connectivity index (χ0) is 15.5. The Labute approximate surface area is 136 Å². The summed E-state index contributed by atoms with van der Waals surface area (Å²) in [5, 5.41) is 7.11. The maximum absolute atomic E-state index is 5.67. The van der Waals surface area contributed by atoms with Gasteiger partial charge in [0.05, 0.1) is 12.7 Å². The molecule has 0 radical (unpaired) electrons. The predicted molar refractivity (Wildman–Crippen MR) is 87.2 cm³/mol. The molecule has 1 aliphatic rings. The van der Waals surface area contributed by atoms with Gasteiger partial charge in [-0.25, -0.2) is 20.0 Å². The molecule has 0 saturated heterocycles. The van der Waals surface area contributed by atoms with E-state index in [0.29, 0.717) is 25.0 Å². The second-order valence-electron chi connectivity index (χ2n) is 4.70. The highest BCUT2D eigenvalue weighted by atomic mass is 32.1. The number of thiazole rings is 1. The van der Waals surface area contributed by atoms with Crippen molar-refractivity contribution in [1.82, 2.24) is 19.9 Å². The van der Waals surface area contributed by atoms with Crippen molar-refractivity contribution in [3.05, 3.63) is 54.1 Å². The van der Waals surface area contributed by atoms with E-state index >= 15 is 0 Å². The number of pyridine rings is 1. The van der Waals surface area contributed by atoms with Crippen LogP contribution in [0.2, 0.25) is 0 Å². The van der Waals surface area contributed by atoms with Crippen molar-refractivity contribution in [1.29, 1.82) is 0 Å². The fraction of sp³-hybridized carbons (Fsp3) is 0.133. The lowest BCUT2D eigenvalue weighted by Crippen LogP contribution is -2.31. The lowest BCUT2D eigenvalue weighted by Gasteiger charge is -2.22. The average molecular weight is 324 g/mol. The molecule has 0 amide bonds. The minimum Gasteiger partial charge on any atom is -0.474 e. The maximum Gasteiger partial charge on any atom is 0.250 e. The number of rotatable bonds is 3. The van der Waals surface area contributed by atoms with Gasteiger partial charge in [-0.2, -0.15) is 0 Å². The van der Waals surface area contributed by atoms with Gasteiger partial charge >= 0.3 is 0 Å². The largest absolute Gasteiger partial charge is 0.474 e. The van der Waals surface area contributed by atoms with Crippen LogP contribution in [0.15, 0.2) is 54.3 Å². The molecule has 8 heteroatoms. The van der Waals surface area contributed by atoms with Gasteiger partial charge in [0.2, 0.25) is 5.95 Å². The minimum atomic E-state index is 0.525. The van der Waals surface area contributed by atoms with Crippen LogP contribution >= 0.6 is 11.3 Å². The summed E-state index contributed by atoms with van der Waals surface area (Å²) in [5.41, 5.74) is 0.975. The van der Waals surface area contributed by atoms with Crippen LogP contribution in [0.3, 0.4) is 0 Å². The van der Waals surface area contributed by atoms with E-state index in [4.69, 9.17) is 4.74 Å². The van der Waals surface area contributed by atoms with Gasteiger partial charge in [-0.05, 0) is 18.2 Å². The molecule has 0 N–H and O–H groups in total. The van der Waals surface area contributed by atoms with Crippen LogP contribution in [0.5, 0.6) is 0 Å². The van der Waals surface area contributed by atoms with Crippen molar-refractivity contribution < 1.29 is 4.74 Å². The van der Waals surface area contributed by atoms with Gasteiger partial charge in [-0.1, -0.05) is 0 Å². The van der Waals surface area contributed by atoms with Gasteiger partial charge in [0.1, 0.15) is 16.5 Å². The smallest absolute Gasteiger partial charge is 0.250 e. The van der Waals surface area contributed by atoms with Crippen LogP contribution in [0.1, 0.15) is 4.88 Å². The van der Waals surface area contributed by atoms with E-state index in [-0.39, 0.29) is 0 Å². The summed E-state index contributed by atoms with van der Waals surface area (Å²) in [6, 6.07) is 5.64. The molecule has 0 fully saturated rings. The fourth-order valence-electron chi connectivity index (χ4n) is 2.10. The predicted octanol–water partition coefficient (Wildman–Crippen LogP) is 2.19. The lowest BCUT2D eigenvalue weighted by molar-refractivity contribution is 0.293. The Hall–Kier alpha value is -2.87. The Balaban J connectivity index is 1.63. The summed E-state index contributed by atoms with van der Waals surface area (Å²) in [5.74, 6) is 1.10. The molecule has 114 valence electrons. The van der Waals surface area contributed by atoms with Crippen molar-refractivity contribution in [3.63, 3.8) is 0 Å². The van der Waals surface area contributed by atoms with Crippen molar-refractivity contribution in [2.24, 2.45) is 5.10 Å². The Morgan fingerprint density at radius 1 is 1.04 bits per heavy atom. The second-order valence-corrected chi connectivity index (χ2v) is 5.73. The molecular weight excluding hydrogens is 312 g/mol. The molecule has 0 unspecified atom stereocenters. The molecule has 23 heavy (non-hydrogen) atoms. The number of nitrogens with zero attached hydrogens (tertiary/aromatic N) is 6. The van der Waals surface area contributed by atoms with Crippen LogP contribution in [-0.2, 0) is 4.74 Å². The van der Waals surface area contributed by atoms with Crippen molar-refractivity contribution in [2.75, 3.05) is 18.2 Å². The van der Waals surface area contributed by atoms with E-state index in [1.807, 2.05) is 12.1 Å². The van der Waals surface area contributed by atoms with E-state index in [1.54, 1.807) is 42.1 Å². The number of ether oxygens (including phenoxy) is 1. The molecule has 3 aromatic rings. The highest BCUT2D eigenvalue weighted by Gasteiger charge is 2.20. The lowest BCUT2D eigenvalue weighted by atomic mass is 10.3. The van der Waals surface area contributed by atoms with Crippen LogP contribution in [0.25, 0.3) is 10.6 Å². The van der Waals surface area contributed by atoms with Gasteiger partial charge < -0.3 is 4.74 Å². The maximum atomic E-state index is 5.67. The molecule has 1 aliphatic heterocycles. The third-order valence-electron chi connectivity index (χ3n) is 3.16. The molecular formula is C15H12N6OS. The molecule has 4 rings (SSSR count). The number of hydrazone groups is 1. The summed E-state index contributed by atoms with van der Waals surface area (Å²) < 4.78 is 5.67. The van der Waals surface area contributed by atoms with Gasteiger partial charge in [-0.3, -0.25) is 4.98 Å². The summed E-state index contributed by atoms with van der Waals surface area (Å²) in [4.78, 5) is 17.8. The molecule has 0 bridgehead atoms. The van der Waals surface area contributed by atoms with Gasteiger partial charge in [0.15, 0.2) is 0 Å². The average Bonchev–Trinajstić information content (AvgIpc) is 3.14. The van der Waals surface area contributed by atoms with Gasteiger partial charge in [0, 0.05) is 30.4 Å². The Morgan fingerprint density at radius 3 is 2.78 bits per heavy atom. The molecule has 0 spiro atoms. The van der Waals surface area contributed by atoms with Crippen molar-refractivity contribution >= 4 is 23.2 Å². The molecule has 7 nitrogen and oxygen atoms in total. The third-order valence-corrected chi connectivity index (χ3v) is 4.20. The van der Waals surface area contributed by atoms with E-state index in [9.17, 15) is 0 Å². The third kappa shape index (κ3) is 2.88. The first-order valence-electron chi connectivity index (χ1n) is 7.03. The Morgan fingerprint density at radius 2 is 1.96 bits per heavy atom. The highest BCUT2D eigenvalue weighted by molar-refractivity contribution is 7.16. The quantitative estimate of drug-likeness (QED) is 0.735. The van der Waals surface area contributed by atoms with Crippen LogP contribution < -0.4 is 5.01 Å². The molecule has 0 aromatic carbocycles. The first kappa shape index (κ1) is 13.8. The topological polar surface area (TPSA) is 76.4 Å². The monoisotopic (exact) mass is 324 g/mol. The molecule has 0 saturated carbocycles. The molecule has 4 heterocycles.